The summed E-state index contributed by atoms with van der Waals surface area (Å²) in [4.78, 5) is 27.0. The van der Waals surface area contributed by atoms with Crippen LogP contribution in [0.15, 0.2) is 53.7 Å². The minimum atomic E-state index is -3.58. The molecule has 3 N–H and O–H groups in total. The molecular weight excluding hydrogens is 584 g/mol. The predicted octanol–water partition coefficient (Wildman–Crippen LogP) is 6.38. The Hall–Kier alpha value is -3.74. The van der Waals surface area contributed by atoms with Crippen LogP contribution in [0.3, 0.4) is 0 Å². The number of para-hydroxylation sites is 1. The molecule has 2 aromatic heterocycles. The maximum absolute atomic E-state index is 12.9. The third-order valence-electron chi connectivity index (χ3n) is 5.90. The van der Waals surface area contributed by atoms with Gasteiger partial charge >= 0.3 is 0 Å². The fraction of sp³-hybridized carbons (Fsp3) is 0.286. The number of nitrogens with one attached hydrogen (secondary N) is 3. The van der Waals surface area contributed by atoms with E-state index in [4.69, 9.17) is 16.3 Å². The van der Waals surface area contributed by atoms with Gasteiger partial charge in [-0.15, -0.1) is 11.3 Å². The van der Waals surface area contributed by atoms with Crippen molar-refractivity contribution in [2.45, 2.75) is 50.9 Å². The number of thiazole rings is 1. The normalized spacial score (nSPS) is 11.5. The monoisotopic (exact) mass is 614 g/mol. The van der Waals surface area contributed by atoms with Gasteiger partial charge in [0, 0.05) is 18.8 Å². The Balaban J connectivity index is 1.77. The molecule has 4 rings (SSSR count). The first kappa shape index (κ1) is 30.2. The van der Waals surface area contributed by atoms with E-state index < -0.39 is 15.1 Å². The second-order valence-electron chi connectivity index (χ2n) is 9.61. The molecule has 0 bridgehead atoms. The number of rotatable bonds is 10. The number of sulfone groups is 1. The van der Waals surface area contributed by atoms with Crippen LogP contribution in [0.25, 0.3) is 10.4 Å². The van der Waals surface area contributed by atoms with Crippen LogP contribution >= 0.6 is 22.9 Å². The van der Waals surface area contributed by atoms with Crippen LogP contribution in [0, 0.1) is 6.92 Å². The molecule has 0 radical (unpaired) electrons. The molecule has 0 aliphatic heterocycles. The molecule has 0 saturated carbocycles. The largest absolute Gasteiger partial charge is 0.489 e. The van der Waals surface area contributed by atoms with Crippen LogP contribution in [0.4, 0.5) is 23.1 Å². The average molecular weight is 615 g/mol. The first-order valence-electron chi connectivity index (χ1n) is 12.8. The van der Waals surface area contributed by atoms with E-state index in [2.05, 4.69) is 30.9 Å². The van der Waals surface area contributed by atoms with Crippen molar-refractivity contribution < 1.29 is 17.9 Å². The SMILES string of the molecule is CNC(=O)c1cc(Nc2ncc(Cl)c(Nc3ccccc3S(=O)(=O)C(C)C)n2)c(OC(C)C)cc1-c1cnc(C)s1. The summed E-state index contributed by atoms with van der Waals surface area (Å²) in [5.41, 5.74) is 1.88. The quantitative estimate of drug-likeness (QED) is 0.186. The molecule has 0 fully saturated rings. The Morgan fingerprint density at radius 2 is 1.76 bits per heavy atom. The average Bonchev–Trinajstić information content (AvgIpc) is 3.36. The van der Waals surface area contributed by atoms with Gasteiger partial charge in [0.1, 0.15) is 10.8 Å². The van der Waals surface area contributed by atoms with E-state index in [1.807, 2.05) is 20.8 Å². The van der Waals surface area contributed by atoms with Crippen molar-refractivity contribution >= 4 is 61.8 Å². The Morgan fingerprint density at radius 3 is 2.39 bits per heavy atom. The molecule has 0 spiro atoms. The van der Waals surface area contributed by atoms with Gasteiger partial charge in [0.15, 0.2) is 15.7 Å². The van der Waals surface area contributed by atoms with Crippen molar-refractivity contribution in [3.05, 3.63) is 64.4 Å². The zero-order valence-corrected chi connectivity index (χ0v) is 25.8. The first-order valence-corrected chi connectivity index (χ1v) is 15.5. The third kappa shape index (κ3) is 6.77. The van der Waals surface area contributed by atoms with Gasteiger partial charge in [-0.3, -0.25) is 4.79 Å². The van der Waals surface area contributed by atoms with Crippen LogP contribution in [0.2, 0.25) is 5.02 Å². The summed E-state index contributed by atoms with van der Waals surface area (Å²) in [5.74, 6) is 0.548. The van der Waals surface area contributed by atoms with Crippen molar-refractivity contribution in [2.75, 3.05) is 17.7 Å². The van der Waals surface area contributed by atoms with E-state index in [9.17, 15) is 13.2 Å². The van der Waals surface area contributed by atoms with Gasteiger partial charge in [0.2, 0.25) is 5.95 Å². The highest BCUT2D eigenvalue weighted by molar-refractivity contribution is 7.92. The zero-order chi connectivity index (χ0) is 29.9. The Bertz CT molecular complexity index is 1690. The number of nitrogens with zero attached hydrogens (tertiary/aromatic N) is 3. The molecule has 13 heteroatoms. The molecule has 0 unspecified atom stereocenters. The number of benzene rings is 2. The van der Waals surface area contributed by atoms with Crippen LogP contribution < -0.4 is 20.7 Å². The van der Waals surface area contributed by atoms with Crippen molar-refractivity contribution in [1.82, 2.24) is 20.3 Å². The summed E-state index contributed by atoms with van der Waals surface area (Å²) in [7, 11) is -2.02. The van der Waals surface area contributed by atoms with Crippen LogP contribution in [0.5, 0.6) is 5.75 Å². The van der Waals surface area contributed by atoms with Gasteiger partial charge in [-0.1, -0.05) is 23.7 Å². The number of halogens is 1. The second-order valence-corrected chi connectivity index (χ2v) is 13.7. The lowest BCUT2D eigenvalue weighted by atomic mass is 10.0. The highest BCUT2D eigenvalue weighted by Crippen LogP contribution is 2.39. The summed E-state index contributed by atoms with van der Waals surface area (Å²) < 4.78 is 32.0. The molecule has 10 nitrogen and oxygen atoms in total. The summed E-state index contributed by atoms with van der Waals surface area (Å²) in [6.45, 7) is 8.94. The predicted molar refractivity (Wildman–Crippen MR) is 164 cm³/mol. The number of carbonyl (C=O) groups excluding carboxylic acids is 1. The minimum Gasteiger partial charge on any atom is -0.489 e. The number of hydrogen-bond donors (Lipinski definition) is 3. The van der Waals surface area contributed by atoms with E-state index in [0.29, 0.717) is 28.3 Å². The molecule has 0 aliphatic carbocycles. The van der Waals surface area contributed by atoms with Crippen LogP contribution in [0.1, 0.15) is 43.1 Å². The molecule has 0 aliphatic rings. The van der Waals surface area contributed by atoms with E-state index in [1.54, 1.807) is 57.4 Å². The van der Waals surface area contributed by atoms with E-state index in [-0.39, 0.29) is 33.7 Å². The van der Waals surface area contributed by atoms with Gasteiger partial charge in [0.05, 0.1) is 49.3 Å². The van der Waals surface area contributed by atoms with Gasteiger partial charge < -0.3 is 20.7 Å². The maximum atomic E-state index is 12.9. The Morgan fingerprint density at radius 1 is 1.02 bits per heavy atom. The Kier molecular flexibility index (Phi) is 9.15. The number of amides is 1. The number of carbonyl (C=O) groups is 1. The van der Waals surface area contributed by atoms with Crippen molar-refractivity contribution in [3.8, 4) is 16.2 Å². The number of anilines is 4. The maximum Gasteiger partial charge on any atom is 0.251 e. The molecule has 0 atom stereocenters. The molecule has 4 aromatic rings. The third-order valence-corrected chi connectivity index (χ3v) is 9.33. The summed E-state index contributed by atoms with van der Waals surface area (Å²) in [6.07, 6.45) is 2.96. The van der Waals surface area contributed by atoms with Gasteiger partial charge in [-0.05, 0) is 58.9 Å². The number of aryl methyl sites for hydroxylation is 1. The smallest absolute Gasteiger partial charge is 0.251 e. The number of aromatic nitrogens is 3. The van der Waals surface area contributed by atoms with Crippen LogP contribution in [-0.2, 0) is 9.84 Å². The van der Waals surface area contributed by atoms with Crippen molar-refractivity contribution in [1.29, 1.82) is 0 Å². The van der Waals surface area contributed by atoms with Crippen molar-refractivity contribution in [2.24, 2.45) is 0 Å². The summed E-state index contributed by atoms with van der Waals surface area (Å²) in [5, 5.41) is 9.31. The topological polar surface area (TPSA) is 135 Å². The molecule has 1 amide bonds. The minimum absolute atomic E-state index is 0.135. The fourth-order valence-corrected chi connectivity index (χ4v) is 6.02. The zero-order valence-electron chi connectivity index (χ0n) is 23.4. The van der Waals surface area contributed by atoms with Gasteiger partial charge in [-0.2, -0.15) is 4.98 Å². The molecule has 216 valence electrons. The van der Waals surface area contributed by atoms with E-state index in [1.165, 1.54) is 23.6 Å². The highest BCUT2D eigenvalue weighted by Gasteiger charge is 2.24. The van der Waals surface area contributed by atoms with Crippen LogP contribution in [-0.4, -0.2) is 47.7 Å². The van der Waals surface area contributed by atoms with E-state index in [0.717, 1.165) is 9.88 Å². The standard InChI is InChI=1S/C28H31ClN6O4S2/c1-15(2)39-23-12-18(24-14-31-17(5)40-24)19(27(36)30-6)11-22(23)34-28-32-13-20(29)26(35-28)33-21-9-7-8-10-25(21)41(37,38)16(3)4/h7-16H,1-6H3,(H,30,36)(H2,32,33,34,35). The molecule has 0 saturated heterocycles. The lowest BCUT2D eigenvalue weighted by Gasteiger charge is -2.19. The van der Waals surface area contributed by atoms with E-state index >= 15 is 0 Å². The lowest BCUT2D eigenvalue weighted by Crippen LogP contribution is -2.19. The molecule has 2 heterocycles. The molecular formula is C28H31ClN6O4S2. The van der Waals surface area contributed by atoms with Crippen molar-refractivity contribution in [3.63, 3.8) is 0 Å². The number of hydrogen-bond acceptors (Lipinski definition) is 10. The highest BCUT2D eigenvalue weighted by atomic mass is 35.5. The van der Waals surface area contributed by atoms with Gasteiger partial charge in [0.25, 0.3) is 5.91 Å². The number of ether oxygens (including phenoxy) is 1. The molecule has 41 heavy (non-hydrogen) atoms. The Labute approximate surface area is 248 Å². The van der Waals surface area contributed by atoms with Gasteiger partial charge in [-0.25, -0.2) is 18.4 Å². The second kappa shape index (κ2) is 12.4. The summed E-state index contributed by atoms with van der Waals surface area (Å²) >= 11 is 7.88. The summed E-state index contributed by atoms with van der Waals surface area (Å²) in [6, 6.07) is 10.0. The fourth-order valence-electron chi connectivity index (χ4n) is 3.88. The lowest BCUT2D eigenvalue weighted by molar-refractivity contribution is 0.0963. The molecule has 2 aromatic carbocycles. The first-order chi connectivity index (χ1) is 19.4.